The Bertz CT molecular complexity index is 973. The SMILES string of the molecule is COc1cc(Cc2nnc(C(=O)NCCc3ccc(C)cc3)o2)cc(OC)c1OC. The van der Waals surface area contributed by atoms with Gasteiger partial charge in [-0.2, -0.15) is 0 Å². The monoisotopic (exact) mass is 411 g/mol. The minimum Gasteiger partial charge on any atom is -0.493 e. The van der Waals surface area contributed by atoms with Crippen LogP contribution in [0.3, 0.4) is 0 Å². The molecule has 3 rings (SSSR count). The number of carbonyl (C=O) groups excluding carboxylic acids is 1. The predicted octanol–water partition coefficient (Wildman–Crippen LogP) is 2.97. The largest absolute Gasteiger partial charge is 0.493 e. The number of nitrogens with one attached hydrogen (secondary N) is 1. The summed E-state index contributed by atoms with van der Waals surface area (Å²) in [6.07, 6.45) is 1.04. The highest BCUT2D eigenvalue weighted by Gasteiger charge is 2.17. The summed E-state index contributed by atoms with van der Waals surface area (Å²) in [5.74, 6) is 1.41. The van der Waals surface area contributed by atoms with Crippen molar-refractivity contribution < 1.29 is 23.4 Å². The molecule has 1 amide bonds. The molecule has 1 heterocycles. The summed E-state index contributed by atoms with van der Waals surface area (Å²) >= 11 is 0. The molecule has 0 saturated heterocycles. The van der Waals surface area contributed by atoms with Crippen LogP contribution in [0.2, 0.25) is 0 Å². The van der Waals surface area contributed by atoms with E-state index < -0.39 is 5.91 Å². The fourth-order valence-electron chi connectivity index (χ4n) is 2.98. The van der Waals surface area contributed by atoms with Crippen molar-refractivity contribution in [1.82, 2.24) is 15.5 Å². The summed E-state index contributed by atoms with van der Waals surface area (Å²) in [4.78, 5) is 12.3. The molecular formula is C22H25N3O5. The fraction of sp³-hybridized carbons (Fsp3) is 0.318. The molecule has 0 spiro atoms. The first-order valence-corrected chi connectivity index (χ1v) is 9.49. The van der Waals surface area contributed by atoms with Crippen LogP contribution in [0.1, 0.15) is 33.3 Å². The van der Waals surface area contributed by atoms with E-state index >= 15 is 0 Å². The summed E-state index contributed by atoms with van der Waals surface area (Å²) in [5, 5.41) is 10.6. The molecule has 0 atom stereocenters. The number of hydrogen-bond acceptors (Lipinski definition) is 7. The summed E-state index contributed by atoms with van der Waals surface area (Å²) in [5.41, 5.74) is 3.17. The third-order valence-corrected chi connectivity index (χ3v) is 4.56. The molecule has 3 aromatic rings. The van der Waals surface area contributed by atoms with Crippen molar-refractivity contribution in [2.75, 3.05) is 27.9 Å². The number of benzene rings is 2. The van der Waals surface area contributed by atoms with Gasteiger partial charge in [0.1, 0.15) is 0 Å². The zero-order valence-corrected chi connectivity index (χ0v) is 17.5. The number of ether oxygens (including phenoxy) is 3. The standard InChI is InChI=1S/C22H25N3O5/c1-14-5-7-15(8-6-14)9-10-23-21(26)22-25-24-19(30-22)13-16-11-17(27-2)20(29-4)18(12-16)28-3/h5-8,11-12H,9-10,13H2,1-4H3,(H,23,26). The van der Waals surface area contributed by atoms with E-state index in [0.29, 0.717) is 36.1 Å². The Labute approximate surface area is 175 Å². The van der Waals surface area contributed by atoms with Gasteiger partial charge in [-0.1, -0.05) is 29.8 Å². The first-order valence-electron chi connectivity index (χ1n) is 9.49. The van der Waals surface area contributed by atoms with Crippen molar-refractivity contribution in [3.8, 4) is 17.2 Å². The molecule has 2 aromatic carbocycles. The molecule has 0 bridgehead atoms. The third-order valence-electron chi connectivity index (χ3n) is 4.56. The maximum absolute atomic E-state index is 12.3. The van der Waals surface area contributed by atoms with Crippen molar-refractivity contribution in [3.63, 3.8) is 0 Å². The molecule has 0 fully saturated rings. The summed E-state index contributed by atoms with van der Waals surface area (Å²) < 4.78 is 21.5. The number of aromatic nitrogens is 2. The number of amides is 1. The Morgan fingerprint density at radius 3 is 2.23 bits per heavy atom. The molecule has 8 heteroatoms. The van der Waals surface area contributed by atoms with E-state index in [9.17, 15) is 4.79 Å². The molecule has 8 nitrogen and oxygen atoms in total. The average molecular weight is 411 g/mol. The van der Waals surface area contributed by atoms with Crippen LogP contribution in [0.15, 0.2) is 40.8 Å². The van der Waals surface area contributed by atoms with E-state index in [1.165, 1.54) is 5.56 Å². The summed E-state index contributed by atoms with van der Waals surface area (Å²) in [6, 6.07) is 11.8. The number of rotatable bonds is 9. The topological polar surface area (TPSA) is 95.7 Å². The van der Waals surface area contributed by atoms with Gasteiger partial charge < -0.3 is 23.9 Å². The lowest BCUT2D eigenvalue weighted by Crippen LogP contribution is -2.26. The highest BCUT2D eigenvalue weighted by atomic mass is 16.5. The van der Waals surface area contributed by atoms with E-state index in [-0.39, 0.29) is 5.89 Å². The lowest BCUT2D eigenvalue weighted by Gasteiger charge is -2.13. The van der Waals surface area contributed by atoms with Crippen LogP contribution >= 0.6 is 0 Å². The van der Waals surface area contributed by atoms with Gasteiger partial charge in [0.2, 0.25) is 11.6 Å². The Morgan fingerprint density at radius 2 is 1.63 bits per heavy atom. The Morgan fingerprint density at radius 1 is 0.967 bits per heavy atom. The van der Waals surface area contributed by atoms with E-state index in [4.69, 9.17) is 18.6 Å². The van der Waals surface area contributed by atoms with Crippen molar-refractivity contribution in [2.24, 2.45) is 0 Å². The molecule has 158 valence electrons. The van der Waals surface area contributed by atoms with Crippen molar-refractivity contribution in [2.45, 2.75) is 19.8 Å². The fourth-order valence-corrected chi connectivity index (χ4v) is 2.98. The number of aryl methyl sites for hydroxylation is 1. The van der Waals surface area contributed by atoms with E-state index in [1.54, 1.807) is 33.5 Å². The summed E-state index contributed by atoms with van der Waals surface area (Å²) in [6.45, 7) is 2.52. The molecule has 0 unspecified atom stereocenters. The smallest absolute Gasteiger partial charge is 0.308 e. The molecular weight excluding hydrogens is 386 g/mol. The van der Waals surface area contributed by atoms with Gasteiger partial charge in [-0.05, 0) is 36.6 Å². The normalized spacial score (nSPS) is 10.5. The Kier molecular flexibility index (Phi) is 6.90. The molecule has 0 radical (unpaired) electrons. The minimum atomic E-state index is -0.397. The maximum Gasteiger partial charge on any atom is 0.308 e. The number of hydrogen-bond donors (Lipinski definition) is 1. The lowest BCUT2D eigenvalue weighted by atomic mass is 10.1. The van der Waals surface area contributed by atoms with Crippen LogP contribution in [-0.4, -0.2) is 44.0 Å². The van der Waals surface area contributed by atoms with Gasteiger partial charge in [0.05, 0.1) is 27.8 Å². The number of methoxy groups -OCH3 is 3. The van der Waals surface area contributed by atoms with Gasteiger partial charge in [-0.15, -0.1) is 10.2 Å². The second kappa shape index (κ2) is 9.78. The number of carbonyl (C=O) groups is 1. The second-order valence-electron chi connectivity index (χ2n) is 6.70. The van der Waals surface area contributed by atoms with Gasteiger partial charge in [0.25, 0.3) is 0 Å². The van der Waals surface area contributed by atoms with Crippen LogP contribution in [0, 0.1) is 6.92 Å². The predicted molar refractivity (Wildman–Crippen MR) is 110 cm³/mol. The van der Waals surface area contributed by atoms with Crippen molar-refractivity contribution in [3.05, 3.63) is 64.9 Å². The molecule has 30 heavy (non-hydrogen) atoms. The average Bonchev–Trinajstić information content (AvgIpc) is 3.22. The van der Waals surface area contributed by atoms with Crippen molar-refractivity contribution in [1.29, 1.82) is 0 Å². The minimum absolute atomic E-state index is 0.0682. The Balaban J connectivity index is 1.61. The molecule has 1 aromatic heterocycles. The van der Waals surface area contributed by atoms with Gasteiger partial charge in [-0.25, -0.2) is 0 Å². The zero-order valence-electron chi connectivity index (χ0n) is 17.5. The Hall–Kier alpha value is -3.55. The van der Waals surface area contributed by atoms with Crippen LogP contribution < -0.4 is 19.5 Å². The molecule has 0 aliphatic rings. The molecule has 0 saturated carbocycles. The van der Waals surface area contributed by atoms with Gasteiger partial charge in [0.15, 0.2) is 11.5 Å². The van der Waals surface area contributed by atoms with Gasteiger partial charge >= 0.3 is 11.8 Å². The van der Waals surface area contributed by atoms with E-state index in [2.05, 4.69) is 15.5 Å². The first-order chi connectivity index (χ1) is 14.5. The quantitative estimate of drug-likeness (QED) is 0.578. The van der Waals surface area contributed by atoms with Gasteiger partial charge in [0, 0.05) is 6.54 Å². The van der Waals surface area contributed by atoms with E-state index in [1.807, 2.05) is 31.2 Å². The zero-order chi connectivity index (χ0) is 21.5. The van der Waals surface area contributed by atoms with E-state index in [0.717, 1.165) is 17.5 Å². The molecule has 1 N–H and O–H groups in total. The van der Waals surface area contributed by atoms with Crippen LogP contribution in [0.5, 0.6) is 17.2 Å². The number of nitrogens with zero attached hydrogens (tertiary/aromatic N) is 2. The first kappa shape index (κ1) is 21.2. The maximum atomic E-state index is 12.3. The third kappa shape index (κ3) is 5.08. The molecule has 0 aliphatic carbocycles. The van der Waals surface area contributed by atoms with Crippen LogP contribution in [0.25, 0.3) is 0 Å². The van der Waals surface area contributed by atoms with Crippen LogP contribution in [0.4, 0.5) is 0 Å². The highest BCUT2D eigenvalue weighted by molar-refractivity contribution is 5.89. The van der Waals surface area contributed by atoms with Crippen LogP contribution in [-0.2, 0) is 12.8 Å². The molecule has 0 aliphatic heterocycles. The summed E-state index contributed by atoms with van der Waals surface area (Å²) in [7, 11) is 4.64. The van der Waals surface area contributed by atoms with Gasteiger partial charge in [-0.3, -0.25) is 4.79 Å². The van der Waals surface area contributed by atoms with Crippen molar-refractivity contribution >= 4 is 5.91 Å². The lowest BCUT2D eigenvalue weighted by molar-refractivity contribution is 0.0918. The highest BCUT2D eigenvalue weighted by Crippen LogP contribution is 2.38. The second-order valence-corrected chi connectivity index (χ2v) is 6.70.